The van der Waals surface area contributed by atoms with Crippen molar-refractivity contribution in [2.24, 2.45) is 0 Å². The number of nitrogens with one attached hydrogen (secondary N) is 1. The average Bonchev–Trinajstić information content (AvgIpc) is 2.35. The molecule has 1 aromatic rings. The average molecular weight is 259 g/mol. The topological polar surface area (TPSA) is 30.5 Å². The molecule has 3 nitrogen and oxygen atoms in total. The molecule has 0 spiro atoms. The van der Waals surface area contributed by atoms with Crippen LogP contribution in [0.3, 0.4) is 0 Å². The van der Waals surface area contributed by atoms with Crippen LogP contribution in [-0.2, 0) is 4.74 Å². The maximum Gasteiger partial charge on any atom is 0.200 e. The van der Waals surface area contributed by atoms with E-state index in [4.69, 9.17) is 9.47 Å². The van der Waals surface area contributed by atoms with E-state index in [-0.39, 0.29) is 11.9 Å². The second-order valence-electron chi connectivity index (χ2n) is 4.03. The fraction of sp³-hybridized carbons (Fsp3) is 0.538. The zero-order chi connectivity index (χ0) is 13.4. The summed E-state index contributed by atoms with van der Waals surface area (Å²) in [5, 5.41) is 3.15. The number of hydrogen-bond donors (Lipinski definition) is 1. The van der Waals surface area contributed by atoms with Crippen molar-refractivity contribution in [2.45, 2.75) is 19.4 Å². The molecule has 0 fully saturated rings. The second-order valence-corrected chi connectivity index (χ2v) is 4.03. The molecule has 0 saturated carbocycles. The lowest BCUT2D eigenvalue weighted by Gasteiger charge is -2.16. The highest BCUT2D eigenvalue weighted by atomic mass is 19.2. The Kier molecular flexibility index (Phi) is 6.60. The fourth-order valence-electron chi connectivity index (χ4n) is 1.48. The van der Waals surface area contributed by atoms with Crippen molar-refractivity contribution in [3.63, 3.8) is 0 Å². The molecule has 0 saturated heterocycles. The summed E-state index contributed by atoms with van der Waals surface area (Å²) < 4.78 is 36.5. The molecular formula is C13H19F2NO2. The van der Waals surface area contributed by atoms with Gasteiger partial charge < -0.3 is 14.8 Å². The van der Waals surface area contributed by atoms with Crippen molar-refractivity contribution in [1.82, 2.24) is 5.32 Å². The number of hydrogen-bond acceptors (Lipinski definition) is 3. The van der Waals surface area contributed by atoms with E-state index in [1.54, 1.807) is 14.0 Å². The summed E-state index contributed by atoms with van der Waals surface area (Å²) >= 11 is 0. The van der Waals surface area contributed by atoms with E-state index in [2.05, 4.69) is 5.32 Å². The molecule has 1 atom stereocenters. The normalized spacial score (nSPS) is 12.4. The molecule has 1 N–H and O–H groups in total. The van der Waals surface area contributed by atoms with Crippen LogP contribution in [-0.4, -0.2) is 32.9 Å². The maximum absolute atomic E-state index is 13.3. The number of rotatable bonds is 8. The van der Waals surface area contributed by atoms with Gasteiger partial charge in [0.1, 0.15) is 6.10 Å². The Morgan fingerprint density at radius 2 is 2.11 bits per heavy atom. The Labute approximate surface area is 106 Å². The van der Waals surface area contributed by atoms with E-state index >= 15 is 0 Å². The lowest BCUT2D eigenvalue weighted by Crippen LogP contribution is -2.30. The van der Waals surface area contributed by atoms with Crippen molar-refractivity contribution in [1.29, 1.82) is 0 Å². The third-order valence-corrected chi connectivity index (χ3v) is 2.38. The molecule has 1 unspecified atom stereocenters. The smallest absolute Gasteiger partial charge is 0.200 e. The van der Waals surface area contributed by atoms with Crippen LogP contribution in [0.4, 0.5) is 8.78 Å². The molecule has 0 aliphatic carbocycles. The van der Waals surface area contributed by atoms with Gasteiger partial charge in [-0.2, -0.15) is 4.39 Å². The predicted octanol–water partition coefficient (Wildman–Crippen LogP) is 2.36. The van der Waals surface area contributed by atoms with Crippen molar-refractivity contribution in [3.8, 4) is 5.75 Å². The summed E-state index contributed by atoms with van der Waals surface area (Å²) in [6.45, 7) is 3.86. The van der Waals surface area contributed by atoms with Gasteiger partial charge in [0.15, 0.2) is 11.6 Å². The van der Waals surface area contributed by atoms with Gasteiger partial charge in [-0.1, -0.05) is 6.07 Å². The third-order valence-electron chi connectivity index (χ3n) is 2.38. The highest BCUT2D eigenvalue weighted by Crippen LogP contribution is 2.20. The molecule has 0 aliphatic rings. The Morgan fingerprint density at radius 1 is 1.33 bits per heavy atom. The fourth-order valence-corrected chi connectivity index (χ4v) is 1.48. The van der Waals surface area contributed by atoms with Crippen LogP contribution in [0.1, 0.15) is 13.3 Å². The Bertz CT molecular complexity index is 361. The molecule has 0 aliphatic heterocycles. The molecular weight excluding hydrogens is 240 g/mol. The number of halogens is 2. The SMILES string of the molecule is COCCCNCC(C)Oc1cccc(F)c1F. The van der Waals surface area contributed by atoms with Crippen molar-refractivity contribution in [3.05, 3.63) is 29.8 Å². The van der Waals surface area contributed by atoms with Crippen molar-refractivity contribution >= 4 is 0 Å². The number of benzene rings is 1. The Morgan fingerprint density at radius 3 is 2.83 bits per heavy atom. The molecule has 0 amide bonds. The first kappa shape index (κ1) is 14.9. The summed E-state index contributed by atoms with van der Waals surface area (Å²) in [6.07, 6.45) is 0.668. The van der Waals surface area contributed by atoms with E-state index < -0.39 is 11.6 Å². The first-order valence-corrected chi connectivity index (χ1v) is 5.95. The molecule has 18 heavy (non-hydrogen) atoms. The minimum atomic E-state index is -0.941. The number of ether oxygens (including phenoxy) is 2. The van der Waals surface area contributed by atoms with Gasteiger partial charge in [0.2, 0.25) is 5.82 Å². The van der Waals surface area contributed by atoms with Crippen molar-refractivity contribution < 1.29 is 18.3 Å². The van der Waals surface area contributed by atoms with Gasteiger partial charge in [-0.25, -0.2) is 4.39 Å². The van der Waals surface area contributed by atoms with Crippen LogP contribution in [0.2, 0.25) is 0 Å². The Hall–Kier alpha value is -1.20. The zero-order valence-electron chi connectivity index (χ0n) is 10.7. The molecule has 0 bridgehead atoms. The highest BCUT2D eigenvalue weighted by Gasteiger charge is 2.11. The van der Waals surface area contributed by atoms with Crippen LogP contribution < -0.4 is 10.1 Å². The summed E-state index contributed by atoms with van der Waals surface area (Å²) in [5.74, 6) is -1.89. The molecule has 1 aromatic carbocycles. The van der Waals surface area contributed by atoms with E-state index in [1.807, 2.05) is 0 Å². The van der Waals surface area contributed by atoms with E-state index in [0.717, 1.165) is 19.0 Å². The van der Waals surface area contributed by atoms with Crippen LogP contribution in [0, 0.1) is 11.6 Å². The first-order valence-electron chi connectivity index (χ1n) is 5.95. The zero-order valence-corrected chi connectivity index (χ0v) is 10.7. The molecule has 1 rings (SSSR count). The minimum Gasteiger partial charge on any atom is -0.486 e. The maximum atomic E-state index is 13.3. The summed E-state index contributed by atoms with van der Waals surface area (Å²) in [7, 11) is 1.65. The van der Waals surface area contributed by atoms with Gasteiger partial charge in [-0.05, 0) is 32.0 Å². The third kappa shape index (κ3) is 4.98. The monoisotopic (exact) mass is 259 g/mol. The summed E-state index contributed by atoms with van der Waals surface area (Å²) in [5.41, 5.74) is 0. The van der Waals surface area contributed by atoms with E-state index in [1.165, 1.54) is 12.1 Å². The quantitative estimate of drug-likeness (QED) is 0.727. The largest absolute Gasteiger partial charge is 0.486 e. The predicted molar refractivity (Wildman–Crippen MR) is 65.8 cm³/mol. The summed E-state index contributed by atoms with van der Waals surface area (Å²) in [6, 6.07) is 3.90. The molecule has 0 heterocycles. The van der Waals surface area contributed by atoms with Gasteiger partial charge >= 0.3 is 0 Å². The molecule has 0 radical (unpaired) electrons. The van der Waals surface area contributed by atoms with Crippen molar-refractivity contribution in [2.75, 3.05) is 26.8 Å². The van der Waals surface area contributed by atoms with E-state index in [9.17, 15) is 8.78 Å². The van der Waals surface area contributed by atoms with Gasteiger partial charge in [0.05, 0.1) is 0 Å². The van der Waals surface area contributed by atoms with Gasteiger partial charge in [-0.3, -0.25) is 0 Å². The Balaban J connectivity index is 2.31. The minimum absolute atomic E-state index is 0.0545. The van der Waals surface area contributed by atoms with E-state index in [0.29, 0.717) is 13.2 Å². The molecule has 102 valence electrons. The van der Waals surface area contributed by atoms with Gasteiger partial charge in [0.25, 0.3) is 0 Å². The van der Waals surface area contributed by atoms with Crippen LogP contribution in [0.25, 0.3) is 0 Å². The van der Waals surface area contributed by atoms with Crippen LogP contribution >= 0.6 is 0 Å². The first-order chi connectivity index (χ1) is 8.65. The summed E-state index contributed by atoms with van der Waals surface area (Å²) in [4.78, 5) is 0. The molecule has 5 heteroatoms. The lowest BCUT2D eigenvalue weighted by atomic mass is 10.3. The lowest BCUT2D eigenvalue weighted by molar-refractivity contribution is 0.186. The van der Waals surface area contributed by atoms with Gasteiger partial charge in [0, 0.05) is 20.3 Å². The number of methoxy groups -OCH3 is 1. The highest BCUT2D eigenvalue weighted by molar-refractivity contribution is 5.25. The van der Waals surface area contributed by atoms with Crippen LogP contribution in [0.15, 0.2) is 18.2 Å². The molecule has 0 aromatic heterocycles. The van der Waals surface area contributed by atoms with Crippen LogP contribution in [0.5, 0.6) is 5.75 Å². The second kappa shape index (κ2) is 8.00. The van der Waals surface area contributed by atoms with Gasteiger partial charge in [-0.15, -0.1) is 0 Å². The standard InChI is InChI=1S/C13H19F2NO2/c1-10(9-16-7-4-8-17-2)18-12-6-3-5-11(14)13(12)15/h3,5-6,10,16H,4,7-9H2,1-2H3.